The molecule has 1 amide bonds. The van der Waals surface area contributed by atoms with Gasteiger partial charge in [0, 0.05) is 12.8 Å². The lowest BCUT2D eigenvalue weighted by molar-refractivity contribution is -0.870. The van der Waals surface area contributed by atoms with Crippen molar-refractivity contribution in [3.8, 4) is 0 Å². The van der Waals surface area contributed by atoms with E-state index in [2.05, 4.69) is 38.2 Å². The van der Waals surface area contributed by atoms with E-state index in [0.29, 0.717) is 17.4 Å². The van der Waals surface area contributed by atoms with Crippen molar-refractivity contribution in [2.24, 2.45) is 0 Å². The first-order valence-electron chi connectivity index (χ1n) is 30.6. The first kappa shape index (κ1) is 69.5. The fourth-order valence-corrected chi connectivity index (χ4v) is 9.83. The van der Waals surface area contributed by atoms with Crippen LogP contribution in [-0.4, -0.2) is 69.4 Å². The van der Waals surface area contributed by atoms with E-state index in [1.54, 1.807) is 0 Å². The molecular formula is C61H119N2O7P. The minimum atomic E-state index is -4.69. The Bertz CT molecular complexity index is 1270. The van der Waals surface area contributed by atoms with Crippen molar-refractivity contribution in [2.75, 3.05) is 40.9 Å². The summed E-state index contributed by atoms with van der Waals surface area (Å²) >= 11 is 0. The molecule has 1 N–H and O–H groups in total. The summed E-state index contributed by atoms with van der Waals surface area (Å²) in [6.07, 6.45) is 60.0. The smallest absolute Gasteiger partial charge is 0.306 e. The topological polar surface area (TPSA) is 114 Å². The third-order valence-electron chi connectivity index (χ3n) is 13.9. The van der Waals surface area contributed by atoms with Crippen LogP contribution in [0.2, 0.25) is 0 Å². The highest BCUT2D eigenvalue weighted by molar-refractivity contribution is 7.45. The summed E-state index contributed by atoms with van der Waals surface area (Å²) in [4.78, 5) is 39.9. The maximum absolute atomic E-state index is 13.5. The van der Waals surface area contributed by atoms with Crippen molar-refractivity contribution in [1.29, 1.82) is 0 Å². The molecule has 0 aliphatic heterocycles. The van der Waals surface area contributed by atoms with E-state index in [-0.39, 0.29) is 31.5 Å². The summed E-state index contributed by atoms with van der Waals surface area (Å²) in [6, 6.07) is -0.881. The molecule has 0 heterocycles. The van der Waals surface area contributed by atoms with E-state index < -0.39 is 20.0 Å². The normalized spacial score (nSPS) is 13.8. The minimum absolute atomic E-state index is 0.0188. The van der Waals surface area contributed by atoms with Gasteiger partial charge in [0.15, 0.2) is 0 Å². The maximum Gasteiger partial charge on any atom is 0.306 e. The fraction of sp³-hybridized carbons (Fsp3) is 0.902. The zero-order valence-corrected chi connectivity index (χ0v) is 48.8. The number of nitrogens with zero attached hydrogens (tertiary/aromatic N) is 1. The first-order valence-corrected chi connectivity index (χ1v) is 32.1. The lowest BCUT2D eigenvalue weighted by Crippen LogP contribution is -2.47. The molecule has 3 atom stereocenters. The Morgan fingerprint density at radius 3 is 1.20 bits per heavy atom. The van der Waals surface area contributed by atoms with E-state index in [4.69, 9.17) is 13.8 Å². The van der Waals surface area contributed by atoms with Crippen molar-refractivity contribution < 1.29 is 37.3 Å². The quantitative estimate of drug-likeness (QED) is 0.0212. The number of likely N-dealkylation sites (N-methyl/N-ethyl adjacent to an activating group) is 1. The monoisotopic (exact) mass is 1020 g/mol. The van der Waals surface area contributed by atoms with Gasteiger partial charge in [-0.2, -0.15) is 0 Å². The number of nitrogens with one attached hydrogen (secondary N) is 1. The van der Waals surface area contributed by atoms with Crippen LogP contribution in [0.4, 0.5) is 0 Å². The molecule has 0 aliphatic rings. The third kappa shape index (κ3) is 53.1. The highest BCUT2D eigenvalue weighted by Crippen LogP contribution is 2.38. The molecule has 420 valence electrons. The number of esters is 1. The van der Waals surface area contributed by atoms with E-state index in [1.165, 1.54) is 212 Å². The van der Waals surface area contributed by atoms with Crippen LogP contribution >= 0.6 is 7.82 Å². The van der Waals surface area contributed by atoms with Crippen molar-refractivity contribution in [2.45, 2.75) is 315 Å². The molecule has 9 nitrogen and oxygen atoms in total. The number of carbonyl (C=O) groups excluding carboxylic acids is 2. The summed E-state index contributed by atoms with van der Waals surface area (Å²) in [5.74, 6) is -0.528. The molecule has 0 saturated heterocycles. The lowest BCUT2D eigenvalue weighted by atomic mass is 10.0. The van der Waals surface area contributed by atoms with Gasteiger partial charge < -0.3 is 28.5 Å². The van der Waals surface area contributed by atoms with Crippen molar-refractivity contribution in [3.05, 3.63) is 24.3 Å². The summed E-state index contributed by atoms with van der Waals surface area (Å²) in [5.41, 5.74) is 0. The fourth-order valence-electron chi connectivity index (χ4n) is 9.11. The van der Waals surface area contributed by atoms with Crippen LogP contribution in [0.15, 0.2) is 24.3 Å². The van der Waals surface area contributed by atoms with E-state index in [1.807, 2.05) is 33.3 Å². The van der Waals surface area contributed by atoms with Gasteiger partial charge in [-0.25, -0.2) is 0 Å². The summed E-state index contributed by atoms with van der Waals surface area (Å²) < 4.78 is 30.3. The molecule has 0 fully saturated rings. The number of phosphoric ester groups is 1. The molecular weight excluding hydrogens is 904 g/mol. The Kier molecular flexibility index (Phi) is 50.8. The van der Waals surface area contributed by atoms with Crippen LogP contribution < -0.4 is 10.2 Å². The van der Waals surface area contributed by atoms with Crippen molar-refractivity contribution in [1.82, 2.24) is 5.32 Å². The Morgan fingerprint density at radius 1 is 0.479 bits per heavy atom. The number of ether oxygens (including phenoxy) is 1. The second kappa shape index (κ2) is 52.0. The number of unbranched alkanes of at least 4 members (excludes halogenated alkanes) is 38. The number of quaternary nitrogens is 1. The van der Waals surface area contributed by atoms with Crippen molar-refractivity contribution >= 4 is 19.7 Å². The van der Waals surface area contributed by atoms with Gasteiger partial charge in [-0.3, -0.25) is 14.2 Å². The molecule has 10 heteroatoms. The van der Waals surface area contributed by atoms with Crippen LogP contribution in [0.3, 0.4) is 0 Å². The van der Waals surface area contributed by atoms with Gasteiger partial charge >= 0.3 is 5.97 Å². The molecule has 3 unspecified atom stereocenters. The van der Waals surface area contributed by atoms with Crippen LogP contribution in [0, 0.1) is 0 Å². The van der Waals surface area contributed by atoms with Gasteiger partial charge in [-0.05, 0) is 57.4 Å². The molecule has 0 aliphatic carbocycles. The molecule has 0 radical (unpaired) electrons. The number of carbonyl (C=O) groups is 2. The standard InChI is InChI=1S/C61H119N2O7P/c1-7-10-13-16-19-22-25-27-28-29-30-31-32-33-34-36-39-41-44-47-50-53-60(64)62-58(57-69-71(66,67)68-56-55-63(4,5)6)59(52-49-46-43-40-38-35-26-23-20-17-14-11-8-2)70-61(65)54-51-48-45-42-37-24-21-18-15-12-9-3/h27-28,49,52,58-59H,7-26,29-48,50-51,53-57H2,1-6H3,(H-,62,64,66,67)/b28-27+,52-49+. The number of hydrogen-bond acceptors (Lipinski definition) is 7. The van der Waals surface area contributed by atoms with Gasteiger partial charge in [0.05, 0.1) is 33.8 Å². The molecule has 0 aromatic rings. The van der Waals surface area contributed by atoms with Gasteiger partial charge in [0.1, 0.15) is 19.3 Å². The molecule has 71 heavy (non-hydrogen) atoms. The van der Waals surface area contributed by atoms with E-state index in [9.17, 15) is 19.0 Å². The van der Waals surface area contributed by atoms with Crippen LogP contribution in [0.25, 0.3) is 0 Å². The average molecular weight is 1020 g/mol. The predicted octanol–water partition coefficient (Wildman–Crippen LogP) is 17.9. The van der Waals surface area contributed by atoms with Gasteiger partial charge in [0.2, 0.25) is 5.91 Å². The van der Waals surface area contributed by atoms with Gasteiger partial charge in [-0.15, -0.1) is 0 Å². The molecule has 0 rings (SSSR count). The van der Waals surface area contributed by atoms with Crippen LogP contribution in [-0.2, 0) is 27.9 Å². The molecule has 0 bridgehead atoms. The van der Waals surface area contributed by atoms with Crippen LogP contribution in [0.1, 0.15) is 303 Å². The summed E-state index contributed by atoms with van der Waals surface area (Å²) in [7, 11) is 1.20. The molecule has 0 saturated carbocycles. The Labute approximate surface area is 441 Å². The van der Waals surface area contributed by atoms with Gasteiger partial charge in [0.25, 0.3) is 7.82 Å². The summed E-state index contributed by atoms with van der Waals surface area (Å²) in [5, 5.41) is 3.03. The Morgan fingerprint density at radius 2 is 0.817 bits per heavy atom. The zero-order valence-electron chi connectivity index (χ0n) is 48.0. The number of phosphoric acid groups is 1. The molecule has 0 aromatic carbocycles. The number of rotatable bonds is 56. The SMILES string of the molecule is CCCCCCCC/C=C/CCCCCCCCCCCCCC(=O)NC(COP(=O)([O-])OCC[N+](C)(C)C)C(/C=C/CCCCCCCCCCCCC)OC(=O)CCCCCCCCCCCCC. The van der Waals surface area contributed by atoms with Gasteiger partial charge in [-0.1, -0.05) is 257 Å². The molecule has 0 spiro atoms. The van der Waals surface area contributed by atoms with E-state index >= 15 is 0 Å². The highest BCUT2D eigenvalue weighted by atomic mass is 31.2. The number of amides is 1. The summed E-state index contributed by atoms with van der Waals surface area (Å²) in [6.45, 7) is 6.86. The number of allylic oxidation sites excluding steroid dienone is 3. The van der Waals surface area contributed by atoms with E-state index in [0.717, 1.165) is 57.8 Å². The molecule has 0 aromatic heterocycles. The minimum Gasteiger partial charge on any atom is -0.756 e. The van der Waals surface area contributed by atoms with Crippen LogP contribution in [0.5, 0.6) is 0 Å². The number of hydrogen-bond donors (Lipinski definition) is 1. The maximum atomic E-state index is 13.5. The average Bonchev–Trinajstić information content (AvgIpc) is 3.33. The Balaban J connectivity index is 5.18. The first-order chi connectivity index (χ1) is 34.4. The predicted molar refractivity (Wildman–Crippen MR) is 303 cm³/mol. The zero-order chi connectivity index (χ0) is 52.2. The largest absolute Gasteiger partial charge is 0.756 e. The second-order valence-corrected chi connectivity index (χ2v) is 23.6. The Hall–Kier alpha value is -1.51. The second-order valence-electron chi connectivity index (χ2n) is 22.2. The van der Waals surface area contributed by atoms with Crippen molar-refractivity contribution in [3.63, 3.8) is 0 Å². The lowest BCUT2D eigenvalue weighted by Gasteiger charge is -2.30. The highest BCUT2D eigenvalue weighted by Gasteiger charge is 2.27. The third-order valence-corrected chi connectivity index (χ3v) is 14.8.